The van der Waals surface area contributed by atoms with E-state index in [-0.39, 0.29) is 30.8 Å². The lowest BCUT2D eigenvalue weighted by Crippen LogP contribution is -2.53. The summed E-state index contributed by atoms with van der Waals surface area (Å²) in [6.45, 7) is 7.74. The summed E-state index contributed by atoms with van der Waals surface area (Å²) in [6, 6.07) is 6.86. The molecule has 0 radical (unpaired) electrons. The summed E-state index contributed by atoms with van der Waals surface area (Å²) in [5.41, 5.74) is 1.49. The first-order valence-corrected chi connectivity index (χ1v) is 14.8. The summed E-state index contributed by atoms with van der Waals surface area (Å²) in [5.74, 6) is 0.0445. The third-order valence-corrected chi connectivity index (χ3v) is 9.20. The number of carbonyl (C=O) groups excluding carboxylic acids is 2. The van der Waals surface area contributed by atoms with Gasteiger partial charge in [0.1, 0.15) is 12.1 Å². The number of anilines is 1. The normalized spacial score (nSPS) is 23.4. The summed E-state index contributed by atoms with van der Waals surface area (Å²) < 4.78 is 2.84. The quantitative estimate of drug-likeness (QED) is 0.484. The first-order chi connectivity index (χ1) is 18.7. The Morgan fingerprint density at radius 2 is 1.87 bits per heavy atom. The number of aliphatic hydroxyl groups excluding tert-OH is 1. The van der Waals surface area contributed by atoms with Crippen LogP contribution in [0.2, 0.25) is 0 Å². The lowest BCUT2D eigenvalue weighted by atomic mass is 9.85. The highest BCUT2D eigenvalue weighted by atomic mass is 32.1. The zero-order valence-electron chi connectivity index (χ0n) is 22.8. The summed E-state index contributed by atoms with van der Waals surface area (Å²) in [4.78, 5) is 36.0. The second-order valence-electron chi connectivity index (χ2n) is 12.3. The van der Waals surface area contributed by atoms with E-state index in [0.29, 0.717) is 5.92 Å². The van der Waals surface area contributed by atoms with E-state index in [4.69, 9.17) is 4.98 Å². The van der Waals surface area contributed by atoms with Gasteiger partial charge in [0.2, 0.25) is 11.8 Å². The van der Waals surface area contributed by atoms with Crippen molar-refractivity contribution < 1.29 is 14.7 Å². The van der Waals surface area contributed by atoms with Crippen molar-refractivity contribution in [2.45, 2.75) is 83.0 Å². The van der Waals surface area contributed by atoms with Crippen molar-refractivity contribution in [1.29, 1.82) is 0 Å². The van der Waals surface area contributed by atoms with E-state index in [0.717, 1.165) is 55.1 Å². The van der Waals surface area contributed by atoms with E-state index in [1.54, 1.807) is 20.9 Å². The fourth-order valence-electron chi connectivity index (χ4n) is 5.83. The molecule has 1 aromatic carbocycles. The number of hydrogen-bond donors (Lipinski definition) is 2. The van der Waals surface area contributed by atoms with Crippen LogP contribution in [-0.2, 0) is 9.59 Å². The minimum absolute atomic E-state index is 0.0210. The van der Waals surface area contributed by atoms with Crippen LogP contribution in [0.25, 0.3) is 10.2 Å². The molecule has 1 aliphatic carbocycles. The smallest absolute Gasteiger partial charge is 0.248 e. The third-order valence-electron chi connectivity index (χ3n) is 8.10. The molecule has 0 bridgehead atoms. The number of rotatable bonds is 6. The number of nitrogens with one attached hydrogen (secondary N) is 1. The fraction of sp³-hybridized carbons (Fsp3) is 0.607. The minimum Gasteiger partial charge on any atom is -0.391 e. The SMILES string of the molecule is CC(C)(C)[C@@H](C(=O)N1C[C@H](O)C[C@H]1C(=O)NC1CCN(c2nc3ccccc3s2)CC1)n1cc(C2CC2)nn1. The number of β-amino-alcohol motifs (C(OH)–C–C–N with tert-alkyl or cyclic N) is 1. The second-order valence-corrected chi connectivity index (χ2v) is 13.3. The molecule has 1 saturated carbocycles. The number of thiazole rings is 1. The van der Waals surface area contributed by atoms with Crippen LogP contribution in [0.5, 0.6) is 0 Å². The Labute approximate surface area is 232 Å². The van der Waals surface area contributed by atoms with E-state index in [9.17, 15) is 14.7 Å². The first kappa shape index (κ1) is 26.2. The molecule has 0 unspecified atom stereocenters. The number of hydrogen-bond acceptors (Lipinski definition) is 8. The maximum Gasteiger partial charge on any atom is 0.248 e. The molecule has 39 heavy (non-hydrogen) atoms. The van der Waals surface area contributed by atoms with Crippen LogP contribution in [0.15, 0.2) is 30.5 Å². The number of para-hydroxylation sites is 1. The predicted octanol–water partition coefficient (Wildman–Crippen LogP) is 3.10. The van der Waals surface area contributed by atoms with Crippen molar-refractivity contribution >= 4 is 38.5 Å². The second kappa shape index (κ2) is 10.2. The van der Waals surface area contributed by atoms with Gasteiger partial charge in [0.25, 0.3) is 0 Å². The fourth-order valence-corrected chi connectivity index (χ4v) is 6.85. The van der Waals surface area contributed by atoms with Gasteiger partial charge in [-0.3, -0.25) is 9.59 Å². The highest BCUT2D eigenvalue weighted by molar-refractivity contribution is 7.22. The summed E-state index contributed by atoms with van der Waals surface area (Å²) >= 11 is 1.70. The Hall–Kier alpha value is -3.05. The molecule has 2 aliphatic heterocycles. The number of fused-ring (bicyclic) bond motifs is 1. The largest absolute Gasteiger partial charge is 0.391 e. The van der Waals surface area contributed by atoms with Gasteiger partial charge in [-0.2, -0.15) is 0 Å². The molecule has 3 aromatic rings. The van der Waals surface area contributed by atoms with Gasteiger partial charge in [-0.25, -0.2) is 9.67 Å². The average molecular weight is 552 g/mol. The van der Waals surface area contributed by atoms with Crippen molar-refractivity contribution in [3.05, 3.63) is 36.2 Å². The highest BCUT2D eigenvalue weighted by Gasteiger charge is 2.46. The molecular formula is C28H37N7O3S. The highest BCUT2D eigenvalue weighted by Crippen LogP contribution is 2.40. The van der Waals surface area contributed by atoms with Crippen LogP contribution in [0.1, 0.15) is 70.5 Å². The molecule has 208 valence electrons. The molecule has 2 saturated heterocycles. The van der Waals surface area contributed by atoms with Crippen molar-refractivity contribution in [2.75, 3.05) is 24.5 Å². The van der Waals surface area contributed by atoms with Crippen LogP contribution >= 0.6 is 11.3 Å². The van der Waals surface area contributed by atoms with Gasteiger partial charge in [-0.15, -0.1) is 5.10 Å². The number of aromatic nitrogens is 4. The molecule has 10 nitrogen and oxygen atoms in total. The number of amides is 2. The number of carbonyl (C=O) groups is 2. The average Bonchev–Trinajstić information content (AvgIpc) is 3.29. The zero-order valence-corrected chi connectivity index (χ0v) is 23.6. The van der Waals surface area contributed by atoms with Crippen LogP contribution in [0.4, 0.5) is 5.13 Å². The molecule has 6 rings (SSSR count). The van der Waals surface area contributed by atoms with Crippen LogP contribution in [-0.4, -0.2) is 79.6 Å². The van der Waals surface area contributed by atoms with Gasteiger partial charge in [0.15, 0.2) is 5.13 Å². The Morgan fingerprint density at radius 1 is 1.13 bits per heavy atom. The van der Waals surface area contributed by atoms with Gasteiger partial charge < -0.3 is 20.2 Å². The van der Waals surface area contributed by atoms with Crippen LogP contribution < -0.4 is 10.2 Å². The van der Waals surface area contributed by atoms with Gasteiger partial charge >= 0.3 is 0 Å². The Balaban J connectivity index is 1.11. The molecule has 11 heteroatoms. The minimum atomic E-state index is -0.732. The van der Waals surface area contributed by atoms with E-state index in [1.165, 1.54) is 4.70 Å². The molecule has 4 heterocycles. The van der Waals surface area contributed by atoms with Gasteiger partial charge in [0, 0.05) is 44.2 Å². The zero-order chi connectivity index (χ0) is 27.3. The topological polar surface area (TPSA) is 116 Å². The summed E-state index contributed by atoms with van der Waals surface area (Å²) in [7, 11) is 0. The van der Waals surface area contributed by atoms with E-state index in [2.05, 4.69) is 26.6 Å². The monoisotopic (exact) mass is 551 g/mol. The first-order valence-electron chi connectivity index (χ1n) is 14.0. The van der Waals surface area contributed by atoms with Crippen molar-refractivity contribution in [1.82, 2.24) is 30.2 Å². The summed E-state index contributed by atoms with van der Waals surface area (Å²) in [5, 5.41) is 23.3. The van der Waals surface area contributed by atoms with Crippen LogP contribution in [0, 0.1) is 5.41 Å². The number of nitrogens with zero attached hydrogens (tertiary/aromatic N) is 6. The molecular weight excluding hydrogens is 514 g/mol. The lowest BCUT2D eigenvalue weighted by molar-refractivity contribution is -0.144. The molecule has 2 amide bonds. The Morgan fingerprint density at radius 3 is 2.56 bits per heavy atom. The van der Waals surface area contributed by atoms with E-state index in [1.807, 2.05) is 45.2 Å². The molecule has 2 N–H and O–H groups in total. The Kier molecular flexibility index (Phi) is 6.83. The van der Waals surface area contributed by atoms with Gasteiger partial charge in [-0.05, 0) is 43.2 Å². The maximum atomic E-state index is 13.9. The number of aliphatic hydroxyl groups is 1. The standard InChI is InChI=1S/C28H37N7O3S/c1-28(2,3)24(35-16-21(31-32-35)17-8-9-17)26(38)34-15-19(36)14-22(34)25(37)29-18-10-12-33(13-11-18)27-30-20-6-4-5-7-23(20)39-27/h4-7,16-19,22,24,36H,8-15H2,1-3H3,(H,29,37)/t19-,22+,24-/m1/s1. The van der Waals surface area contributed by atoms with E-state index < -0.39 is 23.6 Å². The van der Waals surface area contributed by atoms with Crippen molar-refractivity contribution in [2.24, 2.45) is 5.41 Å². The van der Waals surface area contributed by atoms with E-state index >= 15 is 0 Å². The third kappa shape index (κ3) is 5.38. The number of piperidine rings is 1. The number of benzene rings is 1. The van der Waals surface area contributed by atoms with Gasteiger partial charge in [-0.1, -0.05) is 49.5 Å². The lowest BCUT2D eigenvalue weighted by Gasteiger charge is -2.36. The number of likely N-dealkylation sites (tertiary alicyclic amines) is 1. The van der Waals surface area contributed by atoms with Crippen molar-refractivity contribution in [3.8, 4) is 0 Å². The Bertz CT molecular complexity index is 1320. The van der Waals surface area contributed by atoms with Crippen molar-refractivity contribution in [3.63, 3.8) is 0 Å². The van der Waals surface area contributed by atoms with Crippen LogP contribution in [0.3, 0.4) is 0 Å². The molecule has 0 spiro atoms. The molecule has 3 fully saturated rings. The molecule has 2 aromatic heterocycles. The predicted molar refractivity (Wildman–Crippen MR) is 150 cm³/mol. The molecule has 3 aliphatic rings. The summed E-state index contributed by atoms with van der Waals surface area (Å²) in [6.07, 6.45) is 5.20. The maximum absolute atomic E-state index is 13.9. The molecule has 3 atom stereocenters. The van der Waals surface area contributed by atoms with Gasteiger partial charge in [0.05, 0.1) is 22.0 Å².